The number of fused-ring (bicyclic) bond motifs is 1. The Kier molecular flexibility index (Phi) is 5.57. The first-order chi connectivity index (χ1) is 15.2. The molecular weight excluding hydrogens is 394 g/mol. The first-order valence-electron chi connectivity index (χ1n) is 10.9. The molecular formula is C23H27N5O3. The van der Waals surface area contributed by atoms with Crippen molar-refractivity contribution in [1.29, 1.82) is 0 Å². The van der Waals surface area contributed by atoms with Crippen molar-refractivity contribution in [2.75, 3.05) is 44.3 Å². The summed E-state index contributed by atoms with van der Waals surface area (Å²) in [6, 6.07) is 7.95. The molecule has 2 aliphatic rings. The standard InChI is InChI=1S/C23H27N5O3/c1-2-17-10-20-21(26-23(17)29)9-16(11-24-20)13-27-5-7-28(8-6-27)18-3-4-22(25-12-18)31-19-14-30-15-19/h3-4,9-12,19H,2,5-8,13-15H2,1H3,(H,26,29). The van der Waals surface area contributed by atoms with Crippen molar-refractivity contribution >= 4 is 16.7 Å². The summed E-state index contributed by atoms with van der Waals surface area (Å²) in [5.41, 5.74) is 4.64. The van der Waals surface area contributed by atoms with E-state index < -0.39 is 0 Å². The normalized spacial score (nSPS) is 17.6. The summed E-state index contributed by atoms with van der Waals surface area (Å²) >= 11 is 0. The Morgan fingerprint density at radius 2 is 1.97 bits per heavy atom. The topological polar surface area (TPSA) is 83.6 Å². The largest absolute Gasteiger partial charge is 0.469 e. The van der Waals surface area contributed by atoms with E-state index in [9.17, 15) is 4.79 Å². The molecule has 1 N–H and O–H groups in total. The molecule has 0 saturated carbocycles. The van der Waals surface area contributed by atoms with Gasteiger partial charge in [0, 0.05) is 50.6 Å². The molecule has 8 heteroatoms. The van der Waals surface area contributed by atoms with Gasteiger partial charge in [-0.05, 0) is 30.2 Å². The number of aromatic amines is 1. The third-order valence-electron chi connectivity index (χ3n) is 5.97. The summed E-state index contributed by atoms with van der Waals surface area (Å²) in [7, 11) is 0. The number of pyridine rings is 3. The van der Waals surface area contributed by atoms with Crippen LogP contribution < -0.4 is 15.2 Å². The summed E-state index contributed by atoms with van der Waals surface area (Å²) in [4.78, 5) is 28.8. The van der Waals surface area contributed by atoms with Gasteiger partial charge in [-0.25, -0.2) is 4.98 Å². The molecule has 2 aliphatic heterocycles. The van der Waals surface area contributed by atoms with Gasteiger partial charge in [-0.1, -0.05) is 6.92 Å². The molecule has 5 rings (SSSR count). The van der Waals surface area contributed by atoms with E-state index in [0.29, 0.717) is 25.5 Å². The van der Waals surface area contributed by atoms with Gasteiger partial charge in [0.2, 0.25) is 5.88 Å². The van der Waals surface area contributed by atoms with Gasteiger partial charge in [-0.15, -0.1) is 0 Å². The zero-order valence-electron chi connectivity index (χ0n) is 17.7. The predicted octanol–water partition coefficient (Wildman–Crippen LogP) is 1.98. The average molecular weight is 422 g/mol. The van der Waals surface area contributed by atoms with Crippen LogP contribution in [0.3, 0.4) is 0 Å². The van der Waals surface area contributed by atoms with Crippen LogP contribution in [0, 0.1) is 0 Å². The fourth-order valence-corrected chi connectivity index (χ4v) is 4.02. The average Bonchev–Trinajstić information content (AvgIpc) is 2.77. The third kappa shape index (κ3) is 4.40. The maximum absolute atomic E-state index is 12.1. The lowest BCUT2D eigenvalue weighted by atomic mass is 10.1. The molecule has 8 nitrogen and oxygen atoms in total. The lowest BCUT2D eigenvalue weighted by Crippen LogP contribution is -2.46. The highest BCUT2D eigenvalue weighted by Crippen LogP contribution is 2.21. The number of ether oxygens (including phenoxy) is 2. The van der Waals surface area contributed by atoms with E-state index >= 15 is 0 Å². The summed E-state index contributed by atoms with van der Waals surface area (Å²) < 4.78 is 10.9. The number of nitrogens with one attached hydrogen (secondary N) is 1. The molecule has 162 valence electrons. The fourth-order valence-electron chi connectivity index (χ4n) is 4.02. The molecule has 5 heterocycles. The van der Waals surface area contributed by atoms with E-state index in [-0.39, 0.29) is 11.7 Å². The van der Waals surface area contributed by atoms with Gasteiger partial charge in [0.15, 0.2) is 0 Å². The molecule has 2 fully saturated rings. The minimum absolute atomic E-state index is 0.0198. The first kappa shape index (κ1) is 20.0. The zero-order chi connectivity index (χ0) is 21.2. The number of nitrogens with zero attached hydrogens (tertiary/aromatic N) is 4. The van der Waals surface area contributed by atoms with E-state index in [1.807, 2.05) is 37.5 Å². The third-order valence-corrected chi connectivity index (χ3v) is 5.97. The summed E-state index contributed by atoms with van der Waals surface area (Å²) in [6.45, 7) is 7.90. The van der Waals surface area contributed by atoms with Gasteiger partial charge >= 0.3 is 0 Å². The molecule has 0 amide bonds. The second-order valence-corrected chi connectivity index (χ2v) is 8.15. The Balaban J connectivity index is 1.18. The summed E-state index contributed by atoms with van der Waals surface area (Å²) in [5, 5.41) is 0. The molecule has 0 aromatic carbocycles. The molecule has 3 aromatic rings. The summed E-state index contributed by atoms with van der Waals surface area (Å²) in [6.07, 6.45) is 4.65. The Bertz CT molecular complexity index is 1100. The summed E-state index contributed by atoms with van der Waals surface area (Å²) in [5.74, 6) is 0.656. The lowest BCUT2D eigenvalue weighted by Gasteiger charge is -2.36. The number of aryl methyl sites for hydroxylation is 1. The number of anilines is 1. The van der Waals surface area contributed by atoms with Gasteiger partial charge in [-0.2, -0.15) is 0 Å². The zero-order valence-corrected chi connectivity index (χ0v) is 17.7. The molecule has 31 heavy (non-hydrogen) atoms. The molecule has 0 spiro atoms. The number of aromatic nitrogens is 3. The Labute approximate surface area is 180 Å². The highest BCUT2D eigenvalue weighted by atomic mass is 16.6. The van der Waals surface area contributed by atoms with Gasteiger partial charge in [-0.3, -0.25) is 14.7 Å². The monoisotopic (exact) mass is 421 g/mol. The highest BCUT2D eigenvalue weighted by Gasteiger charge is 2.21. The van der Waals surface area contributed by atoms with Crippen LogP contribution in [0.2, 0.25) is 0 Å². The quantitative estimate of drug-likeness (QED) is 0.652. The number of rotatable bonds is 6. The maximum Gasteiger partial charge on any atom is 0.251 e. The SMILES string of the molecule is CCc1cc2ncc(CN3CCN(c4ccc(OC5COC5)nc4)CC3)cc2[nH]c1=O. The second-order valence-electron chi connectivity index (χ2n) is 8.15. The van der Waals surface area contributed by atoms with Crippen molar-refractivity contribution in [3.8, 4) is 5.88 Å². The molecule has 0 radical (unpaired) electrons. The maximum atomic E-state index is 12.1. The predicted molar refractivity (Wildman–Crippen MR) is 119 cm³/mol. The number of piperazine rings is 1. The van der Waals surface area contributed by atoms with Crippen LogP contribution in [0.5, 0.6) is 5.88 Å². The van der Waals surface area contributed by atoms with Crippen molar-refractivity contribution in [1.82, 2.24) is 19.9 Å². The van der Waals surface area contributed by atoms with Crippen LogP contribution in [0.15, 0.2) is 41.5 Å². The van der Waals surface area contributed by atoms with Gasteiger partial charge < -0.3 is 19.4 Å². The smallest absolute Gasteiger partial charge is 0.251 e. The molecule has 3 aromatic heterocycles. The van der Waals surface area contributed by atoms with Crippen LogP contribution in [-0.2, 0) is 17.7 Å². The van der Waals surface area contributed by atoms with Crippen LogP contribution in [0.1, 0.15) is 18.1 Å². The molecule has 2 saturated heterocycles. The van der Waals surface area contributed by atoms with E-state index in [4.69, 9.17) is 9.47 Å². The van der Waals surface area contributed by atoms with Crippen molar-refractivity contribution in [2.45, 2.75) is 26.0 Å². The van der Waals surface area contributed by atoms with Crippen molar-refractivity contribution in [3.05, 3.63) is 58.1 Å². The van der Waals surface area contributed by atoms with E-state index in [2.05, 4.69) is 30.8 Å². The minimum Gasteiger partial charge on any atom is -0.469 e. The van der Waals surface area contributed by atoms with E-state index in [0.717, 1.165) is 60.6 Å². The molecule has 0 aliphatic carbocycles. The van der Waals surface area contributed by atoms with Crippen molar-refractivity contribution < 1.29 is 9.47 Å². The van der Waals surface area contributed by atoms with Crippen molar-refractivity contribution in [3.63, 3.8) is 0 Å². The molecule has 0 unspecified atom stereocenters. The van der Waals surface area contributed by atoms with Crippen LogP contribution in [-0.4, -0.2) is 65.3 Å². The second kappa shape index (κ2) is 8.64. The number of hydrogen-bond donors (Lipinski definition) is 1. The van der Waals surface area contributed by atoms with Crippen LogP contribution in [0.25, 0.3) is 11.0 Å². The molecule has 0 bridgehead atoms. The van der Waals surface area contributed by atoms with E-state index in [1.54, 1.807) is 0 Å². The number of H-pyrrole nitrogens is 1. The number of hydrogen-bond acceptors (Lipinski definition) is 7. The molecule has 0 atom stereocenters. The van der Waals surface area contributed by atoms with Crippen molar-refractivity contribution in [2.24, 2.45) is 0 Å². The minimum atomic E-state index is -0.0198. The van der Waals surface area contributed by atoms with Crippen LogP contribution >= 0.6 is 0 Å². The van der Waals surface area contributed by atoms with Gasteiger partial charge in [0.05, 0.1) is 36.1 Å². The highest BCUT2D eigenvalue weighted by molar-refractivity contribution is 5.74. The Morgan fingerprint density at radius 1 is 1.13 bits per heavy atom. The lowest BCUT2D eigenvalue weighted by molar-refractivity contribution is -0.0813. The van der Waals surface area contributed by atoms with Gasteiger partial charge in [0.1, 0.15) is 6.10 Å². The Morgan fingerprint density at radius 3 is 2.65 bits per heavy atom. The van der Waals surface area contributed by atoms with Crippen LogP contribution in [0.4, 0.5) is 5.69 Å². The Hall–Kier alpha value is -2.97. The van der Waals surface area contributed by atoms with E-state index in [1.165, 1.54) is 0 Å². The fraction of sp³-hybridized carbons (Fsp3) is 0.435. The van der Waals surface area contributed by atoms with Gasteiger partial charge in [0.25, 0.3) is 5.56 Å². The first-order valence-corrected chi connectivity index (χ1v) is 10.9.